The number of nitrogens with one attached hydrogen (secondary N) is 2. The predicted molar refractivity (Wildman–Crippen MR) is 84.2 cm³/mol. The van der Waals surface area contributed by atoms with Gasteiger partial charge >= 0.3 is 12.1 Å². The van der Waals surface area contributed by atoms with E-state index in [1.165, 1.54) is 0 Å². The first-order valence-corrected chi connectivity index (χ1v) is 7.15. The van der Waals surface area contributed by atoms with Gasteiger partial charge in [-0.1, -0.05) is 0 Å². The van der Waals surface area contributed by atoms with Crippen LogP contribution in [0, 0.1) is 0 Å². The fourth-order valence-corrected chi connectivity index (χ4v) is 1.99. The van der Waals surface area contributed by atoms with Crippen molar-refractivity contribution in [3.8, 4) is 0 Å². The Kier molecular flexibility index (Phi) is 5.60. The summed E-state index contributed by atoms with van der Waals surface area (Å²) in [5.41, 5.74) is 3.26. The normalized spacial score (nSPS) is 10.9. The van der Waals surface area contributed by atoms with Crippen LogP contribution in [0.3, 0.4) is 0 Å². The quantitative estimate of drug-likeness (QED) is 0.655. The third-order valence-corrected chi connectivity index (χ3v) is 3.22. The first kappa shape index (κ1) is 19.0. The second kappa shape index (κ2) is 7.68. The highest BCUT2D eigenvalue weighted by molar-refractivity contribution is 5.97. The Morgan fingerprint density at radius 3 is 2.54 bits per heavy atom. The Bertz CT molecular complexity index is 889. The molecule has 138 valence electrons. The number of fused-ring (bicyclic) bond motifs is 1. The number of carboxylic acids is 1. The Hall–Kier alpha value is -3.37. The van der Waals surface area contributed by atoms with Crippen molar-refractivity contribution in [1.82, 2.24) is 25.1 Å². The zero-order chi connectivity index (χ0) is 19.3. The molecule has 11 heteroatoms. The van der Waals surface area contributed by atoms with Gasteiger partial charge in [0.15, 0.2) is 0 Å². The molecule has 26 heavy (non-hydrogen) atoms. The number of carboxylic acid groups (broad SMARTS) is 1. The molecule has 3 rings (SSSR count). The standard InChI is InChI=1S/C13H13N5O.C2HF3O2/c1-18(7-10-4-5-16-17-10)13(19)9-2-3-11-12(6-9)15-8-14-11;3-2(4,5)1(6)7/h2-6,8H,7H2,1H3,(H,14,15)(H,16,17);(H,6,7). The van der Waals surface area contributed by atoms with E-state index >= 15 is 0 Å². The van der Waals surface area contributed by atoms with Crippen LogP contribution < -0.4 is 0 Å². The number of benzene rings is 1. The molecule has 0 bridgehead atoms. The lowest BCUT2D eigenvalue weighted by Crippen LogP contribution is -2.26. The third kappa shape index (κ3) is 4.82. The van der Waals surface area contributed by atoms with E-state index < -0.39 is 12.1 Å². The van der Waals surface area contributed by atoms with Gasteiger partial charge in [-0.05, 0) is 24.3 Å². The summed E-state index contributed by atoms with van der Waals surface area (Å²) in [7, 11) is 1.76. The number of nitrogens with zero attached hydrogens (tertiary/aromatic N) is 3. The molecule has 0 aliphatic carbocycles. The van der Waals surface area contributed by atoms with Gasteiger partial charge in [0.05, 0.1) is 29.6 Å². The number of imidazole rings is 1. The summed E-state index contributed by atoms with van der Waals surface area (Å²) in [6.07, 6.45) is -1.79. The number of H-pyrrole nitrogens is 2. The number of rotatable bonds is 3. The summed E-state index contributed by atoms with van der Waals surface area (Å²) < 4.78 is 31.7. The second-order valence-corrected chi connectivity index (χ2v) is 5.18. The first-order valence-electron chi connectivity index (χ1n) is 7.15. The molecule has 0 radical (unpaired) electrons. The first-order chi connectivity index (χ1) is 12.2. The van der Waals surface area contributed by atoms with E-state index in [1.54, 1.807) is 30.5 Å². The van der Waals surface area contributed by atoms with Gasteiger partial charge in [0.1, 0.15) is 0 Å². The molecule has 0 fully saturated rings. The number of halogens is 3. The number of aliphatic carboxylic acids is 1. The van der Waals surface area contributed by atoms with Crippen LogP contribution in [0.15, 0.2) is 36.8 Å². The van der Waals surface area contributed by atoms with Crippen molar-refractivity contribution in [3.63, 3.8) is 0 Å². The van der Waals surface area contributed by atoms with Crippen LogP contribution in [-0.2, 0) is 11.3 Å². The van der Waals surface area contributed by atoms with Gasteiger partial charge in [0, 0.05) is 18.8 Å². The van der Waals surface area contributed by atoms with E-state index in [0.717, 1.165) is 16.7 Å². The van der Waals surface area contributed by atoms with E-state index in [4.69, 9.17) is 9.90 Å². The van der Waals surface area contributed by atoms with Crippen molar-refractivity contribution in [2.45, 2.75) is 12.7 Å². The highest BCUT2D eigenvalue weighted by Crippen LogP contribution is 2.14. The summed E-state index contributed by atoms with van der Waals surface area (Å²) in [5, 5.41) is 13.8. The molecule has 0 saturated heterocycles. The molecule has 1 amide bonds. The molecule has 2 aromatic heterocycles. The summed E-state index contributed by atoms with van der Waals surface area (Å²) in [6, 6.07) is 7.29. The van der Waals surface area contributed by atoms with Gasteiger partial charge in [-0.25, -0.2) is 9.78 Å². The molecule has 0 saturated carbocycles. The number of aromatic amines is 2. The van der Waals surface area contributed by atoms with Crippen LogP contribution in [-0.4, -0.2) is 55.3 Å². The molecule has 1 aromatic carbocycles. The summed E-state index contributed by atoms with van der Waals surface area (Å²) >= 11 is 0. The van der Waals surface area contributed by atoms with Gasteiger partial charge in [0.25, 0.3) is 5.91 Å². The van der Waals surface area contributed by atoms with Gasteiger partial charge < -0.3 is 15.0 Å². The number of aromatic nitrogens is 4. The van der Waals surface area contributed by atoms with Crippen molar-refractivity contribution in [3.05, 3.63) is 48.0 Å². The lowest BCUT2D eigenvalue weighted by Gasteiger charge is -2.16. The molecule has 0 spiro atoms. The number of amides is 1. The van der Waals surface area contributed by atoms with E-state index in [0.29, 0.717) is 12.1 Å². The Balaban J connectivity index is 0.000000298. The minimum absolute atomic E-state index is 0.0360. The summed E-state index contributed by atoms with van der Waals surface area (Å²) in [6.45, 7) is 0.500. The average Bonchev–Trinajstić information content (AvgIpc) is 3.24. The predicted octanol–water partition coefficient (Wildman–Crippen LogP) is 2.19. The molecule has 0 aliphatic rings. The zero-order valence-electron chi connectivity index (χ0n) is 13.4. The average molecular weight is 369 g/mol. The van der Waals surface area contributed by atoms with Crippen LogP contribution in [0.1, 0.15) is 16.1 Å². The SMILES string of the molecule is CN(Cc1ccn[nH]1)C(=O)c1ccc2nc[nH]c2c1.O=C(O)C(F)(F)F. The number of carbonyl (C=O) groups is 2. The maximum absolute atomic E-state index is 12.3. The monoisotopic (exact) mass is 369 g/mol. The Morgan fingerprint density at radius 1 is 1.27 bits per heavy atom. The van der Waals surface area contributed by atoms with Gasteiger partial charge in [0.2, 0.25) is 0 Å². The summed E-state index contributed by atoms with van der Waals surface area (Å²) in [5.74, 6) is -2.79. The number of hydrogen-bond acceptors (Lipinski definition) is 4. The molecule has 2 heterocycles. The number of carbonyl (C=O) groups excluding carboxylic acids is 1. The van der Waals surface area contributed by atoms with Crippen LogP contribution in [0.2, 0.25) is 0 Å². The van der Waals surface area contributed by atoms with Gasteiger partial charge in [-0.3, -0.25) is 9.89 Å². The fraction of sp³-hybridized carbons (Fsp3) is 0.200. The second-order valence-electron chi connectivity index (χ2n) is 5.18. The van der Waals surface area contributed by atoms with Crippen molar-refractivity contribution in [2.24, 2.45) is 0 Å². The number of alkyl halides is 3. The molecule has 0 aliphatic heterocycles. The van der Waals surface area contributed by atoms with E-state index in [1.807, 2.05) is 18.2 Å². The molecule has 3 aromatic rings. The minimum Gasteiger partial charge on any atom is -0.475 e. The van der Waals surface area contributed by atoms with Crippen LogP contribution in [0.4, 0.5) is 13.2 Å². The lowest BCUT2D eigenvalue weighted by molar-refractivity contribution is -0.192. The Labute approximate surface area is 144 Å². The molecular formula is C15H14F3N5O3. The molecule has 3 N–H and O–H groups in total. The van der Waals surface area contributed by atoms with Crippen molar-refractivity contribution in [1.29, 1.82) is 0 Å². The van der Waals surface area contributed by atoms with Crippen molar-refractivity contribution >= 4 is 22.9 Å². The van der Waals surface area contributed by atoms with Crippen LogP contribution >= 0.6 is 0 Å². The molecule has 0 atom stereocenters. The minimum atomic E-state index is -5.08. The van der Waals surface area contributed by atoms with Crippen LogP contribution in [0.25, 0.3) is 11.0 Å². The highest BCUT2D eigenvalue weighted by Gasteiger charge is 2.38. The van der Waals surface area contributed by atoms with E-state index in [-0.39, 0.29) is 5.91 Å². The molecule has 8 nitrogen and oxygen atoms in total. The molecule has 0 unspecified atom stereocenters. The fourth-order valence-electron chi connectivity index (χ4n) is 1.99. The smallest absolute Gasteiger partial charge is 0.475 e. The zero-order valence-corrected chi connectivity index (χ0v) is 13.4. The lowest BCUT2D eigenvalue weighted by atomic mass is 10.1. The topological polar surface area (TPSA) is 115 Å². The number of hydrogen-bond donors (Lipinski definition) is 3. The summed E-state index contributed by atoms with van der Waals surface area (Å²) in [4.78, 5) is 30.0. The third-order valence-electron chi connectivity index (χ3n) is 3.22. The van der Waals surface area contributed by atoms with Crippen molar-refractivity contribution in [2.75, 3.05) is 7.05 Å². The van der Waals surface area contributed by atoms with E-state index in [2.05, 4.69) is 20.2 Å². The van der Waals surface area contributed by atoms with Crippen LogP contribution in [0.5, 0.6) is 0 Å². The Morgan fingerprint density at radius 2 is 1.96 bits per heavy atom. The van der Waals surface area contributed by atoms with Gasteiger partial charge in [-0.2, -0.15) is 18.3 Å². The van der Waals surface area contributed by atoms with E-state index in [9.17, 15) is 18.0 Å². The maximum Gasteiger partial charge on any atom is 0.490 e. The largest absolute Gasteiger partial charge is 0.490 e. The van der Waals surface area contributed by atoms with Crippen molar-refractivity contribution < 1.29 is 27.9 Å². The maximum atomic E-state index is 12.3. The highest BCUT2D eigenvalue weighted by atomic mass is 19.4. The molecular weight excluding hydrogens is 355 g/mol. The van der Waals surface area contributed by atoms with Gasteiger partial charge in [-0.15, -0.1) is 0 Å².